The summed E-state index contributed by atoms with van der Waals surface area (Å²) in [5.41, 5.74) is 4.58. The van der Waals surface area contributed by atoms with Crippen molar-refractivity contribution in [3.63, 3.8) is 0 Å². The van der Waals surface area contributed by atoms with Gasteiger partial charge in [-0.2, -0.15) is 0 Å². The molecule has 0 fully saturated rings. The lowest BCUT2D eigenvalue weighted by atomic mass is 10.0. The maximum atomic E-state index is 11.7. The van der Waals surface area contributed by atoms with Gasteiger partial charge in [-0.1, -0.05) is 0 Å². The number of aliphatic carboxylic acids is 1. The number of hydrogen-bond acceptors (Lipinski definition) is 3. The summed E-state index contributed by atoms with van der Waals surface area (Å²) in [6.45, 7) is 6.33. The number of carboxylic acid groups (broad SMARTS) is 1. The largest absolute Gasteiger partial charge is 0.480 e. The number of nitrogens with zero attached hydrogens (tertiary/aromatic N) is 1. The Morgan fingerprint density at radius 2 is 1.86 bits per heavy atom. The fraction of sp³-hybridized carbons (Fsp3) is 0.778. The fourth-order valence-corrected chi connectivity index (χ4v) is 1.00. The molecule has 14 heavy (non-hydrogen) atoms. The second kappa shape index (κ2) is 4.41. The first-order valence-electron chi connectivity index (χ1n) is 4.48. The van der Waals surface area contributed by atoms with Gasteiger partial charge in [0, 0.05) is 6.04 Å². The molecule has 0 bridgehead atoms. The van der Waals surface area contributed by atoms with Crippen LogP contribution < -0.4 is 5.73 Å². The lowest BCUT2D eigenvalue weighted by molar-refractivity contribution is -0.147. The van der Waals surface area contributed by atoms with E-state index in [0.29, 0.717) is 0 Å². The zero-order valence-electron chi connectivity index (χ0n) is 9.07. The average Bonchev–Trinajstić information content (AvgIpc) is 1.96. The Bertz CT molecular complexity index is 231. The monoisotopic (exact) mass is 202 g/mol. The fourth-order valence-electron chi connectivity index (χ4n) is 1.00. The van der Waals surface area contributed by atoms with Gasteiger partial charge < -0.3 is 15.7 Å². The van der Waals surface area contributed by atoms with E-state index < -0.39 is 11.5 Å². The highest BCUT2D eigenvalue weighted by Gasteiger charge is 2.30. The van der Waals surface area contributed by atoms with Crippen LogP contribution in [0.15, 0.2) is 0 Å². The molecule has 3 N–H and O–H groups in total. The molecule has 0 radical (unpaired) electrons. The molecule has 0 unspecified atom stereocenters. The van der Waals surface area contributed by atoms with Crippen LogP contribution in [0, 0.1) is 0 Å². The van der Waals surface area contributed by atoms with E-state index in [2.05, 4.69) is 0 Å². The third-order valence-corrected chi connectivity index (χ3v) is 1.74. The Hall–Kier alpha value is -1.10. The van der Waals surface area contributed by atoms with Gasteiger partial charge in [0.15, 0.2) is 0 Å². The number of amides is 1. The van der Waals surface area contributed by atoms with Crippen molar-refractivity contribution in [2.45, 2.75) is 39.3 Å². The van der Waals surface area contributed by atoms with Crippen molar-refractivity contribution in [2.24, 2.45) is 5.73 Å². The molecular formula is C9H18N2O3. The summed E-state index contributed by atoms with van der Waals surface area (Å²) in [5.74, 6) is -1.38. The molecule has 0 saturated heterocycles. The Kier molecular flexibility index (Phi) is 4.07. The standard InChI is InChI=1S/C9H18N2O3/c1-6(2)11(5-7(12)13)8(14)9(3,4)10/h6H,5,10H2,1-4H3,(H,12,13). The van der Waals surface area contributed by atoms with E-state index in [1.165, 1.54) is 4.90 Å². The number of rotatable bonds is 4. The molecule has 5 heteroatoms. The van der Waals surface area contributed by atoms with Crippen LogP contribution in [0.1, 0.15) is 27.7 Å². The predicted molar refractivity (Wildman–Crippen MR) is 52.8 cm³/mol. The second-order valence-corrected chi connectivity index (χ2v) is 4.14. The van der Waals surface area contributed by atoms with Gasteiger partial charge in [0.2, 0.25) is 5.91 Å². The summed E-state index contributed by atoms with van der Waals surface area (Å²) in [5, 5.41) is 8.61. The van der Waals surface area contributed by atoms with Gasteiger partial charge in [-0.15, -0.1) is 0 Å². The van der Waals surface area contributed by atoms with Gasteiger partial charge in [0.05, 0.1) is 5.54 Å². The molecule has 0 aromatic heterocycles. The molecule has 0 saturated carbocycles. The Morgan fingerprint density at radius 3 is 2.07 bits per heavy atom. The first-order valence-corrected chi connectivity index (χ1v) is 4.48. The van der Waals surface area contributed by atoms with E-state index in [-0.39, 0.29) is 18.5 Å². The minimum absolute atomic E-state index is 0.165. The molecule has 0 rings (SSSR count). The zero-order chi connectivity index (χ0) is 11.5. The highest BCUT2D eigenvalue weighted by molar-refractivity contribution is 5.88. The van der Waals surface area contributed by atoms with Gasteiger partial charge in [0.1, 0.15) is 6.54 Å². The van der Waals surface area contributed by atoms with Crippen LogP contribution in [0.25, 0.3) is 0 Å². The van der Waals surface area contributed by atoms with Crippen molar-refractivity contribution in [3.05, 3.63) is 0 Å². The minimum Gasteiger partial charge on any atom is -0.480 e. The molecule has 0 spiro atoms. The summed E-state index contributed by atoms with van der Waals surface area (Å²) in [7, 11) is 0. The van der Waals surface area contributed by atoms with Crippen LogP contribution in [-0.4, -0.2) is 40.0 Å². The van der Waals surface area contributed by atoms with Crippen molar-refractivity contribution >= 4 is 11.9 Å². The minimum atomic E-state index is -1.03. The van der Waals surface area contributed by atoms with Crippen molar-refractivity contribution in [2.75, 3.05) is 6.54 Å². The number of nitrogens with two attached hydrogens (primary N) is 1. The van der Waals surface area contributed by atoms with Crippen molar-refractivity contribution in [1.29, 1.82) is 0 Å². The maximum Gasteiger partial charge on any atom is 0.323 e. The number of carbonyl (C=O) groups is 2. The molecule has 0 aliphatic rings. The summed E-state index contributed by atoms with van der Waals surface area (Å²) in [6, 6.07) is -0.165. The molecule has 82 valence electrons. The van der Waals surface area contributed by atoms with Crippen LogP contribution in [0.5, 0.6) is 0 Å². The molecule has 0 heterocycles. The van der Waals surface area contributed by atoms with E-state index in [1.54, 1.807) is 27.7 Å². The van der Waals surface area contributed by atoms with E-state index in [9.17, 15) is 9.59 Å². The summed E-state index contributed by atoms with van der Waals surface area (Å²) >= 11 is 0. The van der Waals surface area contributed by atoms with E-state index in [0.717, 1.165) is 0 Å². The molecule has 1 amide bonds. The van der Waals surface area contributed by atoms with Crippen LogP contribution in [-0.2, 0) is 9.59 Å². The van der Waals surface area contributed by atoms with Crippen molar-refractivity contribution < 1.29 is 14.7 Å². The molecule has 0 aromatic carbocycles. The van der Waals surface area contributed by atoms with Gasteiger partial charge in [-0.05, 0) is 27.7 Å². The normalized spacial score (nSPS) is 11.6. The zero-order valence-corrected chi connectivity index (χ0v) is 9.07. The van der Waals surface area contributed by atoms with E-state index in [1.807, 2.05) is 0 Å². The third kappa shape index (κ3) is 3.74. The van der Waals surface area contributed by atoms with Gasteiger partial charge in [-0.3, -0.25) is 9.59 Å². The number of carboxylic acids is 1. The Balaban J connectivity index is 4.67. The molecule has 5 nitrogen and oxygen atoms in total. The highest BCUT2D eigenvalue weighted by Crippen LogP contribution is 2.07. The molecule has 0 aliphatic heterocycles. The average molecular weight is 202 g/mol. The van der Waals surface area contributed by atoms with Crippen LogP contribution >= 0.6 is 0 Å². The van der Waals surface area contributed by atoms with Gasteiger partial charge >= 0.3 is 5.97 Å². The quantitative estimate of drug-likeness (QED) is 0.674. The lowest BCUT2D eigenvalue weighted by Crippen LogP contribution is -2.54. The topological polar surface area (TPSA) is 83.6 Å². The van der Waals surface area contributed by atoms with Crippen LogP contribution in [0.2, 0.25) is 0 Å². The van der Waals surface area contributed by atoms with Crippen molar-refractivity contribution in [1.82, 2.24) is 4.90 Å². The Morgan fingerprint density at radius 1 is 1.43 bits per heavy atom. The van der Waals surface area contributed by atoms with Gasteiger partial charge in [-0.25, -0.2) is 0 Å². The number of carbonyl (C=O) groups excluding carboxylic acids is 1. The molecular weight excluding hydrogens is 184 g/mol. The smallest absolute Gasteiger partial charge is 0.323 e. The van der Waals surface area contributed by atoms with Crippen LogP contribution in [0.3, 0.4) is 0 Å². The summed E-state index contributed by atoms with van der Waals surface area (Å²) in [6.07, 6.45) is 0. The molecule has 0 aliphatic carbocycles. The second-order valence-electron chi connectivity index (χ2n) is 4.14. The molecule has 0 atom stereocenters. The summed E-state index contributed by atoms with van der Waals surface area (Å²) < 4.78 is 0. The maximum absolute atomic E-state index is 11.7. The lowest BCUT2D eigenvalue weighted by Gasteiger charge is -2.31. The highest BCUT2D eigenvalue weighted by atomic mass is 16.4. The van der Waals surface area contributed by atoms with Crippen LogP contribution in [0.4, 0.5) is 0 Å². The van der Waals surface area contributed by atoms with Crippen molar-refractivity contribution in [3.8, 4) is 0 Å². The number of hydrogen-bond donors (Lipinski definition) is 2. The predicted octanol–water partition coefficient (Wildman–Crippen LogP) is 0.0453. The SMILES string of the molecule is CC(C)N(CC(=O)O)C(=O)C(C)(C)N. The first-order chi connectivity index (χ1) is 6.16. The van der Waals surface area contributed by atoms with Gasteiger partial charge in [0.25, 0.3) is 0 Å². The third-order valence-electron chi connectivity index (χ3n) is 1.74. The molecule has 0 aromatic rings. The summed E-state index contributed by atoms with van der Waals surface area (Å²) in [4.78, 5) is 23.4. The first kappa shape index (κ1) is 12.9. The van der Waals surface area contributed by atoms with E-state index in [4.69, 9.17) is 10.8 Å². The van der Waals surface area contributed by atoms with E-state index >= 15 is 0 Å². The Labute approximate surface area is 83.9 Å².